The van der Waals surface area contributed by atoms with Gasteiger partial charge in [-0.3, -0.25) is 4.79 Å². The molecule has 1 fully saturated rings. The minimum Gasteiger partial charge on any atom is -0.354 e. The van der Waals surface area contributed by atoms with E-state index in [1.165, 1.54) is 12.0 Å². The van der Waals surface area contributed by atoms with Crippen LogP contribution in [0.25, 0.3) is 0 Å². The highest BCUT2D eigenvalue weighted by atomic mass is 16.1. The molecule has 0 aromatic heterocycles. The fourth-order valence-electron chi connectivity index (χ4n) is 3.68. The minimum atomic E-state index is 0.193. The van der Waals surface area contributed by atoms with Gasteiger partial charge in [-0.2, -0.15) is 0 Å². The first-order chi connectivity index (χ1) is 10.1. The molecule has 1 aromatic rings. The van der Waals surface area contributed by atoms with Crippen molar-refractivity contribution in [3.8, 4) is 0 Å². The maximum absolute atomic E-state index is 12.4. The first kappa shape index (κ1) is 14.3. The highest BCUT2D eigenvalue weighted by Gasteiger charge is 2.39. The topological polar surface area (TPSA) is 32.3 Å². The van der Waals surface area contributed by atoms with E-state index in [0.717, 1.165) is 6.42 Å². The standard InChI is InChI=1S/C18H24N2O/c1-20(2)17(14-6-4-3-5-7-14)12-19-18(21)16-11-13-8-9-15(16)10-13/h3-9,13,15-17H,10-12H2,1-2H3,(H,19,21)/t13-,15-,16-,17-/m0/s1. The van der Waals surface area contributed by atoms with Gasteiger partial charge in [0.15, 0.2) is 0 Å². The molecule has 1 saturated carbocycles. The van der Waals surface area contributed by atoms with Gasteiger partial charge in [0.25, 0.3) is 0 Å². The molecule has 0 unspecified atom stereocenters. The summed E-state index contributed by atoms with van der Waals surface area (Å²) in [7, 11) is 4.12. The summed E-state index contributed by atoms with van der Waals surface area (Å²) in [6, 6.07) is 10.6. The van der Waals surface area contributed by atoms with Crippen molar-refractivity contribution < 1.29 is 4.79 Å². The van der Waals surface area contributed by atoms with E-state index in [-0.39, 0.29) is 17.9 Å². The molecule has 0 spiro atoms. The fourth-order valence-corrected chi connectivity index (χ4v) is 3.68. The Balaban J connectivity index is 1.60. The van der Waals surface area contributed by atoms with Crippen molar-refractivity contribution in [2.24, 2.45) is 17.8 Å². The van der Waals surface area contributed by atoms with E-state index in [4.69, 9.17) is 0 Å². The van der Waals surface area contributed by atoms with Crippen LogP contribution in [-0.4, -0.2) is 31.4 Å². The van der Waals surface area contributed by atoms with Crippen molar-refractivity contribution in [2.75, 3.05) is 20.6 Å². The molecule has 4 atom stereocenters. The van der Waals surface area contributed by atoms with Crippen LogP contribution >= 0.6 is 0 Å². The average Bonchev–Trinajstić information content (AvgIpc) is 3.11. The van der Waals surface area contributed by atoms with Crippen molar-refractivity contribution in [3.63, 3.8) is 0 Å². The van der Waals surface area contributed by atoms with Crippen LogP contribution in [0.4, 0.5) is 0 Å². The van der Waals surface area contributed by atoms with E-state index >= 15 is 0 Å². The van der Waals surface area contributed by atoms with E-state index < -0.39 is 0 Å². The molecule has 3 heteroatoms. The van der Waals surface area contributed by atoms with Crippen LogP contribution in [0, 0.1) is 17.8 Å². The van der Waals surface area contributed by atoms with Crippen molar-refractivity contribution >= 4 is 5.91 Å². The van der Waals surface area contributed by atoms with Crippen molar-refractivity contribution in [2.45, 2.75) is 18.9 Å². The summed E-state index contributed by atoms with van der Waals surface area (Å²) in [6.07, 6.45) is 6.72. The quantitative estimate of drug-likeness (QED) is 0.843. The summed E-state index contributed by atoms with van der Waals surface area (Å²) in [5.74, 6) is 1.54. The first-order valence-electron chi connectivity index (χ1n) is 7.82. The van der Waals surface area contributed by atoms with E-state index in [0.29, 0.717) is 18.4 Å². The Morgan fingerprint density at radius 3 is 2.57 bits per heavy atom. The zero-order valence-corrected chi connectivity index (χ0v) is 12.8. The summed E-state index contributed by atoms with van der Waals surface area (Å²) in [5, 5.41) is 3.17. The third kappa shape index (κ3) is 3.03. The second-order valence-electron chi connectivity index (χ2n) is 6.52. The molecule has 0 saturated heterocycles. The summed E-state index contributed by atoms with van der Waals surface area (Å²) >= 11 is 0. The number of carbonyl (C=O) groups excluding carboxylic acids is 1. The lowest BCUT2D eigenvalue weighted by atomic mass is 9.92. The Bertz CT molecular complexity index is 523. The molecule has 2 aliphatic rings. The molecule has 0 heterocycles. The molecular formula is C18H24N2O. The zero-order valence-electron chi connectivity index (χ0n) is 12.8. The van der Waals surface area contributed by atoms with Crippen LogP contribution in [-0.2, 0) is 4.79 Å². The highest BCUT2D eigenvalue weighted by Crippen LogP contribution is 2.43. The number of nitrogens with one attached hydrogen (secondary N) is 1. The molecule has 3 rings (SSSR count). The maximum Gasteiger partial charge on any atom is 0.223 e. The average molecular weight is 284 g/mol. The molecule has 1 aromatic carbocycles. The highest BCUT2D eigenvalue weighted by molar-refractivity contribution is 5.80. The van der Waals surface area contributed by atoms with E-state index in [1.807, 2.05) is 18.2 Å². The van der Waals surface area contributed by atoms with Gasteiger partial charge in [-0.05, 0) is 44.3 Å². The number of amides is 1. The monoisotopic (exact) mass is 284 g/mol. The Morgan fingerprint density at radius 1 is 1.24 bits per heavy atom. The number of hydrogen-bond donors (Lipinski definition) is 1. The molecule has 21 heavy (non-hydrogen) atoms. The number of hydrogen-bond acceptors (Lipinski definition) is 2. The zero-order chi connectivity index (χ0) is 14.8. The van der Waals surface area contributed by atoms with Gasteiger partial charge in [-0.15, -0.1) is 0 Å². The number of rotatable bonds is 5. The number of benzene rings is 1. The van der Waals surface area contributed by atoms with Gasteiger partial charge in [-0.1, -0.05) is 42.5 Å². The summed E-state index contributed by atoms with van der Waals surface area (Å²) in [6.45, 7) is 0.674. The third-order valence-electron chi connectivity index (χ3n) is 4.89. The van der Waals surface area contributed by atoms with Crippen LogP contribution in [0.1, 0.15) is 24.4 Å². The number of likely N-dealkylation sites (N-methyl/N-ethyl adjacent to an activating group) is 1. The van der Waals surface area contributed by atoms with Gasteiger partial charge in [0, 0.05) is 12.5 Å². The normalized spacial score (nSPS) is 28.0. The largest absolute Gasteiger partial charge is 0.354 e. The first-order valence-corrected chi connectivity index (χ1v) is 7.82. The smallest absolute Gasteiger partial charge is 0.223 e. The molecule has 1 amide bonds. The molecule has 0 aliphatic heterocycles. The Morgan fingerprint density at radius 2 is 2.00 bits per heavy atom. The third-order valence-corrected chi connectivity index (χ3v) is 4.89. The van der Waals surface area contributed by atoms with Crippen molar-refractivity contribution in [3.05, 3.63) is 48.0 Å². The van der Waals surface area contributed by atoms with E-state index in [2.05, 4.69) is 48.6 Å². The second-order valence-corrected chi connectivity index (χ2v) is 6.52. The predicted octanol–water partition coefficient (Wildman–Crippen LogP) is 2.62. The van der Waals surface area contributed by atoms with Gasteiger partial charge in [-0.25, -0.2) is 0 Å². The number of nitrogens with zero attached hydrogens (tertiary/aromatic N) is 1. The minimum absolute atomic E-state index is 0.193. The van der Waals surface area contributed by atoms with Crippen molar-refractivity contribution in [1.29, 1.82) is 0 Å². The van der Waals surface area contributed by atoms with Crippen LogP contribution in [0.2, 0.25) is 0 Å². The lowest BCUT2D eigenvalue weighted by Crippen LogP contribution is -2.38. The van der Waals surface area contributed by atoms with Gasteiger partial charge in [0.05, 0.1) is 6.04 Å². The van der Waals surface area contributed by atoms with Gasteiger partial charge >= 0.3 is 0 Å². The van der Waals surface area contributed by atoms with E-state index in [9.17, 15) is 4.79 Å². The number of fused-ring (bicyclic) bond motifs is 2. The summed E-state index contributed by atoms with van der Waals surface area (Å²) in [5.41, 5.74) is 1.25. The fraction of sp³-hybridized carbons (Fsp3) is 0.500. The SMILES string of the molecule is CN(C)[C@@H](CNC(=O)[C@H]1C[C@H]2C=C[C@H]1C2)c1ccccc1. The van der Waals surface area contributed by atoms with Crippen LogP contribution in [0.15, 0.2) is 42.5 Å². The van der Waals surface area contributed by atoms with Gasteiger partial charge in [0.1, 0.15) is 0 Å². The Kier molecular flexibility index (Phi) is 4.11. The van der Waals surface area contributed by atoms with E-state index in [1.54, 1.807) is 0 Å². The summed E-state index contributed by atoms with van der Waals surface area (Å²) < 4.78 is 0. The molecule has 3 nitrogen and oxygen atoms in total. The van der Waals surface area contributed by atoms with Crippen LogP contribution in [0.5, 0.6) is 0 Å². The Hall–Kier alpha value is -1.61. The van der Waals surface area contributed by atoms with Crippen LogP contribution < -0.4 is 5.32 Å². The van der Waals surface area contributed by atoms with Gasteiger partial charge < -0.3 is 10.2 Å². The lowest BCUT2D eigenvalue weighted by molar-refractivity contribution is -0.125. The van der Waals surface area contributed by atoms with Crippen LogP contribution in [0.3, 0.4) is 0 Å². The molecule has 0 radical (unpaired) electrons. The van der Waals surface area contributed by atoms with Gasteiger partial charge in [0.2, 0.25) is 5.91 Å². The molecule has 1 N–H and O–H groups in total. The molecule has 112 valence electrons. The predicted molar refractivity (Wildman–Crippen MR) is 84.7 cm³/mol. The van der Waals surface area contributed by atoms with Crippen molar-refractivity contribution in [1.82, 2.24) is 10.2 Å². The second kappa shape index (κ2) is 6.02. The molecular weight excluding hydrogens is 260 g/mol. The lowest BCUT2D eigenvalue weighted by Gasteiger charge is -2.26. The molecule has 2 bridgehead atoms. The molecule has 2 aliphatic carbocycles. The maximum atomic E-state index is 12.4. The number of allylic oxidation sites excluding steroid dienone is 2. The Labute approximate surface area is 127 Å². The summed E-state index contributed by atoms with van der Waals surface area (Å²) in [4.78, 5) is 14.6. The number of carbonyl (C=O) groups is 1.